The van der Waals surface area contributed by atoms with Gasteiger partial charge in [-0.25, -0.2) is 4.79 Å². The van der Waals surface area contributed by atoms with Crippen molar-refractivity contribution in [2.24, 2.45) is 5.90 Å². The van der Waals surface area contributed by atoms with Crippen molar-refractivity contribution in [3.63, 3.8) is 0 Å². The first kappa shape index (κ1) is 11.5. The Morgan fingerprint density at radius 1 is 1.40 bits per heavy atom. The molecule has 0 atom stereocenters. The summed E-state index contributed by atoms with van der Waals surface area (Å²) < 4.78 is 0. The van der Waals surface area contributed by atoms with E-state index in [-0.39, 0.29) is 0 Å². The Morgan fingerprint density at radius 2 is 2.07 bits per heavy atom. The average molecular weight is 208 g/mol. The maximum Gasteiger partial charge on any atom is 0.433 e. The normalized spacial score (nSPS) is 9.73. The molecule has 0 aliphatic heterocycles. The number of rotatable bonds is 4. The van der Waals surface area contributed by atoms with Gasteiger partial charge in [-0.1, -0.05) is 31.5 Å². The molecule has 0 bridgehead atoms. The van der Waals surface area contributed by atoms with Crippen LogP contribution in [-0.2, 0) is 4.84 Å². The van der Waals surface area contributed by atoms with Gasteiger partial charge in [-0.3, -0.25) is 4.90 Å². The van der Waals surface area contributed by atoms with E-state index in [2.05, 4.69) is 11.8 Å². The lowest BCUT2D eigenvalue weighted by Crippen LogP contribution is -2.34. The molecule has 0 fully saturated rings. The summed E-state index contributed by atoms with van der Waals surface area (Å²) in [4.78, 5) is 17.2. The molecular formula is C11H16N2O2. The number of hydrogen-bond acceptors (Lipinski definition) is 3. The Labute approximate surface area is 89.6 Å². The summed E-state index contributed by atoms with van der Waals surface area (Å²) in [6.45, 7) is 2.69. The van der Waals surface area contributed by atoms with Crippen LogP contribution in [0.2, 0.25) is 0 Å². The second-order valence-corrected chi connectivity index (χ2v) is 3.22. The summed E-state index contributed by atoms with van der Waals surface area (Å²) in [5.74, 6) is 4.89. The molecule has 0 aliphatic rings. The molecule has 0 aliphatic carbocycles. The van der Waals surface area contributed by atoms with Gasteiger partial charge in [0.1, 0.15) is 0 Å². The molecule has 4 heteroatoms. The molecular weight excluding hydrogens is 192 g/mol. The van der Waals surface area contributed by atoms with Crippen molar-refractivity contribution in [3.8, 4) is 0 Å². The quantitative estimate of drug-likeness (QED) is 0.772. The molecule has 1 rings (SSSR count). The van der Waals surface area contributed by atoms with Crippen LogP contribution in [0, 0.1) is 0 Å². The lowest BCUT2D eigenvalue weighted by molar-refractivity contribution is 0.155. The van der Waals surface area contributed by atoms with Crippen molar-refractivity contribution in [2.75, 3.05) is 11.4 Å². The molecule has 0 heterocycles. The van der Waals surface area contributed by atoms with Gasteiger partial charge in [-0.05, 0) is 18.6 Å². The third kappa shape index (κ3) is 3.25. The van der Waals surface area contributed by atoms with E-state index in [0.29, 0.717) is 6.54 Å². The van der Waals surface area contributed by atoms with Crippen LogP contribution >= 0.6 is 0 Å². The number of hydrogen-bond donors (Lipinski definition) is 1. The van der Waals surface area contributed by atoms with Crippen LogP contribution in [0.3, 0.4) is 0 Å². The van der Waals surface area contributed by atoms with Gasteiger partial charge in [-0.15, -0.1) is 0 Å². The van der Waals surface area contributed by atoms with Crippen LogP contribution in [0.1, 0.15) is 19.8 Å². The minimum atomic E-state index is -0.519. The largest absolute Gasteiger partial charge is 0.433 e. The number of carbonyl (C=O) groups excluding carboxylic acids is 1. The molecule has 0 unspecified atom stereocenters. The fraction of sp³-hybridized carbons (Fsp3) is 0.364. The SMILES string of the molecule is CCCCN(C(=O)ON)c1ccccc1. The fourth-order valence-electron chi connectivity index (χ4n) is 1.31. The molecule has 15 heavy (non-hydrogen) atoms. The van der Waals surface area contributed by atoms with Crippen LogP contribution in [0.4, 0.5) is 10.5 Å². The zero-order valence-electron chi connectivity index (χ0n) is 8.85. The monoisotopic (exact) mass is 208 g/mol. The predicted molar refractivity (Wildman–Crippen MR) is 59.4 cm³/mol. The number of anilines is 1. The van der Waals surface area contributed by atoms with Gasteiger partial charge < -0.3 is 4.84 Å². The first-order valence-electron chi connectivity index (χ1n) is 5.03. The van der Waals surface area contributed by atoms with Crippen LogP contribution in [-0.4, -0.2) is 12.6 Å². The smallest absolute Gasteiger partial charge is 0.356 e. The number of carbonyl (C=O) groups is 1. The van der Waals surface area contributed by atoms with Crippen molar-refractivity contribution in [1.82, 2.24) is 0 Å². The van der Waals surface area contributed by atoms with E-state index in [1.54, 1.807) is 0 Å². The number of para-hydroxylation sites is 1. The highest BCUT2D eigenvalue weighted by Crippen LogP contribution is 2.14. The molecule has 0 aromatic heterocycles. The van der Waals surface area contributed by atoms with Crippen molar-refractivity contribution in [3.05, 3.63) is 30.3 Å². The first-order chi connectivity index (χ1) is 7.29. The van der Waals surface area contributed by atoms with Crippen molar-refractivity contribution in [2.45, 2.75) is 19.8 Å². The third-order valence-corrected chi connectivity index (χ3v) is 2.12. The molecule has 0 radical (unpaired) electrons. The second-order valence-electron chi connectivity index (χ2n) is 3.22. The Bertz CT molecular complexity index is 301. The van der Waals surface area contributed by atoms with Gasteiger partial charge in [-0.2, -0.15) is 5.90 Å². The standard InChI is InChI=1S/C11H16N2O2/c1-2-3-9-13(11(14)15-12)10-7-5-4-6-8-10/h4-8H,2-3,9,12H2,1H3. The lowest BCUT2D eigenvalue weighted by atomic mass is 10.2. The molecule has 0 saturated carbocycles. The number of nitrogens with two attached hydrogens (primary N) is 1. The van der Waals surface area contributed by atoms with Crippen LogP contribution in [0.25, 0.3) is 0 Å². The van der Waals surface area contributed by atoms with Crippen molar-refractivity contribution < 1.29 is 9.63 Å². The first-order valence-corrected chi connectivity index (χ1v) is 5.03. The van der Waals surface area contributed by atoms with E-state index in [1.165, 1.54) is 4.90 Å². The predicted octanol–water partition coefficient (Wildman–Crippen LogP) is 2.30. The topological polar surface area (TPSA) is 55.6 Å². The van der Waals surface area contributed by atoms with E-state index in [0.717, 1.165) is 18.5 Å². The highest BCUT2D eigenvalue weighted by atomic mass is 16.7. The number of nitrogens with zero attached hydrogens (tertiary/aromatic N) is 1. The van der Waals surface area contributed by atoms with E-state index in [9.17, 15) is 4.79 Å². The highest BCUT2D eigenvalue weighted by Gasteiger charge is 2.15. The number of unbranched alkanes of at least 4 members (excludes halogenated alkanes) is 1. The molecule has 0 saturated heterocycles. The molecule has 82 valence electrons. The highest BCUT2D eigenvalue weighted by molar-refractivity contribution is 5.87. The summed E-state index contributed by atoms with van der Waals surface area (Å²) in [7, 11) is 0. The average Bonchev–Trinajstić information content (AvgIpc) is 2.30. The zero-order valence-corrected chi connectivity index (χ0v) is 8.85. The summed E-state index contributed by atoms with van der Waals surface area (Å²) in [6.07, 6.45) is 1.42. The Hall–Kier alpha value is -1.55. The lowest BCUT2D eigenvalue weighted by Gasteiger charge is -2.20. The van der Waals surface area contributed by atoms with Crippen LogP contribution in [0.15, 0.2) is 30.3 Å². The van der Waals surface area contributed by atoms with Crippen molar-refractivity contribution >= 4 is 11.8 Å². The maximum absolute atomic E-state index is 11.4. The molecule has 1 amide bonds. The molecule has 2 N–H and O–H groups in total. The summed E-state index contributed by atoms with van der Waals surface area (Å²) in [6, 6.07) is 9.35. The summed E-state index contributed by atoms with van der Waals surface area (Å²) in [5.41, 5.74) is 0.807. The summed E-state index contributed by atoms with van der Waals surface area (Å²) in [5, 5.41) is 0. The maximum atomic E-state index is 11.4. The van der Waals surface area contributed by atoms with E-state index in [4.69, 9.17) is 5.90 Å². The van der Waals surface area contributed by atoms with Crippen molar-refractivity contribution in [1.29, 1.82) is 0 Å². The molecule has 1 aromatic rings. The van der Waals surface area contributed by atoms with Gasteiger partial charge in [0, 0.05) is 12.2 Å². The van der Waals surface area contributed by atoms with Gasteiger partial charge >= 0.3 is 6.09 Å². The van der Waals surface area contributed by atoms with Crippen LogP contribution in [0.5, 0.6) is 0 Å². The van der Waals surface area contributed by atoms with Gasteiger partial charge in [0.05, 0.1) is 0 Å². The number of benzene rings is 1. The summed E-state index contributed by atoms with van der Waals surface area (Å²) >= 11 is 0. The molecule has 0 spiro atoms. The second kappa shape index (κ2) is 6.03. The van der Waals surface area contributed by atoms with Crippen LogP contribution < -0.4 is 10.8 Å². The minimum Gasteiger partial charge on any atom is -0.356 e. The molecule has 4 nitrogen and oxygen atoms in total. The van der Waals surface area contributed by atoms with Gasteiger partial charge in [0.2, 0.25) is 0 Å². The Morgan fingerprint density at radius 3 is 2.60 bits per heavy atom. The minimum absolute atomic E-state index is 0.519. The van der Waals surface area contributed by atoms with E-state index < -0.39 is 6.09 Å². The van der Waals surface area contributed by atoms with E-state index in [1.807, 2.05) is 30.3 Å². The Kier molecular flexibility index (Phi) is 4.63. The number of amides is 1. The fourth-order valence-corrected chi connectivity index (χ4v) is 1.31. The van der Waals surface area contributed by atoms with Gasteiger partial charge in [0.25, 0.3) is 0 Å². The zero-order chi connectivity index (χ0) is 11.1. The third-order valence-electron chi connectivity index (χ3n) is 2.12. The van der Waals surface area contributed by atoms with E-state index >= 15 is 0 Å². The Balaban J connectivity index is 2.76. The molecule has 1 aromatic carbocycles. The van der Waals surface area contributed by atoms with Gasteiger partial charge in [0.15, 0.2) is 0 Å².